The maximum atomic E-state index is 7.69. The van der Waals surface area contributed by atoms with Crippen LogP contribution in [0.4, 0.5) is 34.1 Å². The number of fused-ring (bicyclic) bond motifs is 6. The fourth-order valence-electron chi connectivity index (χ4n) is 12.8. The minimum Gasteiger partial charge on any atom is -0.472 e. The molecule has 0 amide bonds. The highest BCUT2D eigenvalue weighted by atomic mass is 16.3. The predicted molar refractivity (Wildman–Crippen MR) is 259 cm³/mol. The molecule has 4 heteroatoms. The van der Waals surface area contributed by atoms with Crippen LogP contribution in [0.25, 0.3) is 0 Å². The lowest BCUT2D eigenvalue weighted by molar-refractivity contribution is 0.133. The molecule has 0 saturated heterocycles. The average molecular weight is 809 g/mol. The lowest BCUT2D eigenvalue weighted by Gasteiger charge is -2.50. The van der Waals surface area contributed by atoms with Crippen LogP contribution in [-0.2, 0) is 32.5 Å². The summed E-state index contributed by atoms with van der Waals surface area (Å²) in [7, 11) is 0. The summed E-state index contributed by atoms with van der Waals surface area (Å²) in [6.07, 6.45) is 9.15. The van der Waals surface area contributed by atoms with Crippen molar-refractivity contribution in [2.24, 2.45) is 17.8 Å². The summed E-state index contributed by atoms with van der Waals surface area (Å²) in [5, 5.41) is 0. The molecule has 3 nitrogen and oxygen atoms in total. The summed E-state index contributed by atoms with van der Waals surface area (Å²) in [6, 6.07) is 32.0. The highest BCUT2D eigenvalue weighted by molar-refractivity contribution is 6.99. The van der Waals surface area contributed by atoms with Crippen molar-refractivity contribution in [1.29, 1.82) is 0 Å². The first-order valence-corrected chi connectivity index (χ1v) is 23.9. The van der Waals surface area contributed by atoms with Crippen molar-refractivity contribution in [2.75, 3.05) is 9.80 Å². The van der Waals surface area contributed by atoms with Gasteiger partial charge in [0.25, 0.3) is 6.71 Å². The van der Waals surface area contributed by atoms with E-state index >= 15 is 0 Å². The predicted octanol–water partition coefficient (Wildman–Crippen LogP) is 13.7. The van der Waals surface area contributed by atoms with Gasteiger partial charge in [0.05, 0.1) is 11.3 Å². The van der Waals surface area contributed by atoms with Crippen LogP contribution in [0.1, 0.15) is 169 Å². The summed E-state index contributed by atoms with van der Waals surface area (Å²) >= 11 is 0. The third-order valence-corrected chi connectivity index (χ3v) is 16.7. The van der Waals surface area contributed by atoms with Crippen LogP contribution < -0.4 is 26.4 Å². The Morgan fingerprint density at radius 1 is 0.574 bits per heavy atom. The van der Waals surface area contributed by atoms with E-state index in [0.717, 1.165) is 36.3 Å². The van der Waals surface area contributed by atoms with Gasteiger partial charge >= 0.3 is 0 Å². The van der Waals surface area contributed by atoms with Crippen molar-refractivity contribution in [3.8, 4) is 0 Å². The molecule has 12 rings (SSSR count). The molecular formula is C57H69BN2O. The molecule has 2 atom stereocenters. The summed E-state index contributed by atoms with van der Waals surface area (Å²) in [5.74, 6) is 3.91. The van der Waals surface area contributed by atoms with Gasteiger partial charge in [-0.2, -0.15) is 0 Å². The van der Waals surface area contributed by atoms with Crippen LogP contribution in [-0.4, -0.2) is 6.71 Å². The van der Waals surface area contributed by atoms with Crippen LogP contribution in [0.2, 0.25) is 0 Å². The summed E-state index contributed by atoms with van der Waals surface area (Å²) in [6.45, 7) is 30.8. The topological polar surface area (TPSA) is 19.6 Å². The lowest BCUT2D eigenvalue weighted by Crippen LogP contribution is -2.61. The van der Waals surface area contributed by atoms with E-state index in [1.165, 1.54) is 105 Å². The fourth-order valence-corrected chi connectivity index (χ4v) is 12.8. The summed E-state index contributed by atoms with van der Waals surface area (Å²) in [5.41, 5.74) is 18.9. The monoisotopic (exact) mass is 809 g/mol. The SMILES string of the molecule is CC(C)(C)c1ccc(N2c3ccc(C(C)(C)C)cc3B3c4oc5c(c4N(c4ccc(C(C)(C)C)cc4)c4cc(C67CC(CC8CC8C6)C7)cc2c43)C(C)(C)CCC5(C)C)cc1. The van der Waals surface area contributed by atoms with Gasteiger partial charge in [-0.05, 0) is 165 Å². The van der Waals surface area contributed by atoms with Gasteiger partial charge < -0.3 is 14.2 Å². The van der Waals surface area contributed by atoms with Crippen LogP contribution in [0.3, 0.4) is 0 Å². The zero-order chi connectivity index (χ0) is 43.0. The average Bonchev–Trinajstić information content (AvgIpc) is 3.83. The molecular weight excluding hydrogens is 739 g/mol. The van der Waals surface area contributed by atoms with E-state index in [2.05, 4.69) is 179 Å². The van der Waals surface area contributed by atoms with Crippen LogP contribution in [0.5, 0.6) is 0 Å². The van der Waals surface area contributed by atoms with Gasteiger partial charge in [-0.1, -0.05) is 126 Å². The smallest absolute Gasteiger partial charge is 0.297 e. The van der Waals surface area contributed by atoms with Gasteiger partial charge in [0.2, 0.25) is 0 Å². The highest BCUT2D eigenvalue weighted by Gasteiger charge is 2.58. The van der Waals surface area contributed by atoms with Crippen molar-refractivity contribution in [1.82, 2.24) is 0 Å². The lowest BCUT2D eigenvalue weighted by atomic mass is 9.35. The molecule has 61 heavy (non-hydrogen) atoms. The Morgan fingerprint density at radius 3 is 1.70 bits per heavy atom. The van der Waals surface area contributed by atoms with Crippen molar-refractivity contribution in [3.05, 3.63) is 112 Å². The number of hydrogen-bond acceptors (Lipinski definition) is 3. The second-order valence-corrected chi connectivity index (χ2v) is 25.2. The van der Waals surface area contributed by atoms with E-state index in [1.807, 2.05) is 0 Å². The fraction of sp³-hybridized carbons (Fsp3) is 0.509. The Morgan fingerprint density at radius 2 is 1.11 bits per heavy atom. The van der Waals surface area contributed by atoms with Gasteiger partial charge in [-0.25, -0.2) is 0 Å². The van der Waals surface area contributed by atoms with E-state index in [1.54, 1.807) is 5.56 Å². The Labute approximate surface area is 367 Å². The molecule has 2 unspecified atom stereocenters. The van der Waals surface area contributed by atoms with E-state index in [4.69, 9.17) is 4.42 Å². The summed E-state index contributed by atoms with van der Waals surface area (Å²) in [4.78, 5) is 5.36. The van der Waals surface area contributed by atoms with Crippen molar-refractivity contribution in [3.63, 3.8) is 0 Å². The Hall–Kier alpha value is -4.18. The first-order chi connectivity index (χ1) is 28.5. The Balaban J connectivity index is 1.26. The molecule has 4 fully saturated rings. The number of nitrogens with zero attached hydrogens (tertiary/aromatic N) is 2. The van der Waals surface area contributed by atoms with Gasteiger partial charge in [0.1, 0.15) is 5.76 Å². The Bertz CT molecular complexity index is 2600. The first kappa shape index (κ1) is 39.7. The van der Waals surface area contributed by atoms with Gasteiger partial charge in [-0.3, -0.25) is 0 Å². The third-order valence-electron chi connectivity index (χ3n) is 16.7. The molecule has 2 bridgehead atoms. The number of rotatable bonds is 3. The van der Waals surface area contributed by atoms with Gasteiger partial charge in [0, 0.05) is 39.4 Å². The zero-order valence-corrected chi connectivity index (χ0v) is 39.6. The molecule has 0 spiro atoms. The molecule has 4 saturated carbocycles. The Kier molecular flexibility index (Phi) is 8.13. The molecule has 4 aromatic carbocycles. The minimum atomic E-state index is -0.0726. The second kappa shape index (κ2) is 12.5. The number of furan rings is 1. The molecule has 316 valence electrons. The highest BCUT2D eigenvalue weighted by Crippen LogP contribution is 2.65. The van der Waals surface area contributed by atoms with Gasteiger partial charge in [0.15, 0.2) is 0 Å². The van der Waals surface area contributed by atoms with Crippen LogP contribution in [0.15, 0.2) is 83.3 Å². The molecule has 5 aromatic rings. The molecule has 0 radical (unpaired) electrons. The van der Waals surface area contributed by atoms with Crippen molar-refractivity contribution in [2.45, 2.75) is 167 Å². The zero-order valence-electron chi connectivity index (χ0n) is 39.6. The molecule has 0 N–H and O–H groups in total. The quantitative estimate of drug-likeness (QED) is 0.166. The van der Waals surface area contributed by atoms with E-state index in [0.29, 0.717) is 0 Å². The molecule has 7 aliphatic rings. The van der Waals surface area contributed by atoms with Crippen LogP contribution >= 0.6 is 0 Å². The molecule has 1 aromatic heterocycles. The summed E-state index contributed by atoms with van der Waals surface area (Å²) < 4.78 is 7.69. The standard InChI is InChI=1S/C57H69BN2O/c1-52(2,3)37-14-19-41(20-15-37)59-44-23-18-39(54(7,8)9)28-43(44)58-48-45(59)29-40(57-31-34(32-57)26-35-27-36(35)33-57)30-46(48)60(42-21-16-38(17-22-42)53(4,5)6)49-47-50(61-51(49)58)56(12,13)25-24-55(47,10)11/h14-23,28-30,34-36H,24-27,31-33H2,1-13H3. The third kappa shape index (κ3) is 5.95. The van der Waals surface area contributed by atoms with E-state index in [-0.39, 0.29) is 39.2 Å². The molecule has 2 aliphatic heterocycles. The van der Waals surface area contributed by atoms with E-state index < -0.39 is 0 Å². The minimum absolute atomic E-state index is 0.00795. The molecule has 3 heterocycles. The first-order valence-electron chi connectivity index (χ1n) is 23.9. The number of benzene rings is 4. The number of hydrogen-bond donors (Lipinski definition) is 0. The van der Waals surface area contributed by atoms with Crippen molar-refractivity contribution >= 4 is 57.4 Å². The second-order valence-electron chi connectivity index (χ2n) is 25.2. The maximum Gasteiger partial charge on any atom is 0.297 e. The van der Waals surface area contributed by atoms with E-state index in [9.17, 15) is 0 Å². The van der Waals surface area contributed by atoms with Crippen LogP contribution in [0, 0.1) is 17.8 Å². The largest absolute Gasteiger partial charge is 0.472 e. The van der Waals surface area contributed by atoms with Gasteiger partial charge in [-0.15, -0.1) is 0 Å². The normalized spacial score (nSPS) is 25.4. The van der Waals surface area contributed by atoms with Crippen molar-refractivity contribution < 1.29 is 4.42 Å². The number of anilines is 6. The maximum absolute atomic E-state index is 7.69. The molecule has 5 aliphatic carbocycles.